The van der Waals surface area contributed by atoms with Gasteiger partial charge in [0.1, 0.15) is 4.34 Å². The van der Waals surface area contributed by atoms with E-state index < -0.39 is 6.10 Å². The zero-order valence-corrected chi connectivity index (χ0v) is 14.9. The zero-order chi connectivity index (χ0) is 16.1. The van der Waals surface area contributed by atoms with Gasteiger partial charge in [-0.3, -0.25) is 0 Å². The Balaban J connectivity index is 1.63. The van der Waals surface area contributed by atoms with Crippen molar-refractivity contribution in [3.8, 4) is 11.8 Å². The Hall–Kier alpha value is -0.990. The Morgan fingerprint density at radius 1 is 1.35 bits per heavy atom. The maximum atomic E-state index is 10.3. The van der Waals surface area contributed by atoms with Gasteiger partial charge in [0.2, 0.25) is 0 Å². The maximum absolute atomic E-state index is 10.3. The van der Waals surface area contributed by atoms with Gasteiger partial charge in [-0.2, -0.15) is 0 Å². The fourth-order valence-electron chi connectivity index (χ4n) is 2.88. The first-order chi connectivity index (χ1) is 11.2. The summed E-state index contributed by atoms with van der Waals surface area (Å²) in [7, 11) is 0. The van der Waals surface area contributed by atoms with E-state index in [2.05, 4.69) is 16.8 Å². The first kappa shape index (κ1) is 16.9. The number of hydrogen-bond donors (Lipinski definition) is 1. The minimum absolute atomic E-state index is 0.00281. The number of thioether (sulfide) groups is 1. The number of hydrogen-bond acceptors (Lipinski definition) is 4. The van der Waals surface area contributed by atoms with Crippen LogP contribution in [0.4, 0.5) is 0 Å². The standard InChI is InChI=1S/C18H18ClNOS2/c19-16-12-17(21)15(7-6-13-4-2-1-3-5-13)14(16)8-10-22-18-20-9-11-23-18/h1-5,9,11,14-17,21H,8,10,12H2/t14-,15-,16-,17-/m1/s1. The molecule has 23 heavy (non-hydrogen) atoms. The second-order valence-corrected chi connectivity index (χ2v) is 8.38. The molecule has 1 fully saturated rings. The van der Waals surface area contributed by atoms with Crippen LogP contribution in [0.5, 0.6) is 0 Å². The second kappa shape index (κ2) is 8.21. The smallest absolute Gasteiger partial charge is 0.149 e. The molecular formula is C18H18ClNOS2. The van der Waals surface area contributed by atoms with E-state index in [1.807, 2.05) is 41.9 Å². The normalized spacial score (nSPS) is 26.7. The maximum Gasteiger partial charge on any atom is 0.149 e. The van der Waals surface area contributed by atoms with Gasteiger partial charge in [-0.05, 0) is 30.9 Å². The summed E-state index contributed by atoms with van der Waals surface area (Å²) in [5.41, 5.74) is 0.980. The van der Waals surface area contributed by atoms with Gasteiger partial charge in [0.15, 0.2) is 0 Å². The van der Waals surface area contributed by atoms with Gasteiger partial charge >= 0.3 is 0 Å². The molecule has 4 atom stereocenters. The highest BCUT2D eigenvalue weighted by molar-refractivity contribution is 8.00. The van der Waals surface area contributed by atoms with Crippen molar-refractivity contribution in [3.05, 3.63) is 47.5 Å². The Bertz CT molecular complexity index is 665. The summed E-state index contributed by atoms with van der Waals surface area (Å²) >= 11 is 9.87. The van der Waals surface area contributed by atoms with E-state index in [-0.39, 0.29) is 17.2 Å². The molecule has 2 aromatic rings. The molecule has 0 radical (unpaired) electrons. The lowest BCUT2D eigenvalue weighted by Gasteiger charge is -2.18. The number of aliphatic hydroxyl groups is 1. The number of rotatable bonds is 4. The molecule has 0 bridgehead atoms. The van der Waals surface area contributed by atoms with Crippen LogP contribution in [-0.4, -0.2) is 27.3 Å². The van der Waals surface area contributed by atoms with Crippen molar-refractivity contribution in [3.63, 3.8) is 0 Å². The van der Waals surface area contributed by atoms with Crippen molar-refractivity contribution < 1.29 is 5.11 Å². The third-order valence-electron chi connectivity index (χ3n) is 4.05. The van der Waals surface area contributed by atoms with E-state index in [1.54, 1.807) is 23.1 Å². The molecule has 0 aliphatic heterocycles. The predicted molar refractivity (Wildman–Crippen MR) is 98.0 cm³/mol. The number of halogens is 1. The van der Waals surface area contributed by atoms with Gasteiger partial charge in [-0.25, -0.2) is 4.98 Å². The molecule has 1 aromatic carbocycles. The van der Waals surface area contributed by atoms with E-state index >= 15 is 0 Å². The summed E-state index contributed by atoms with van der Waals surface area (Å²) < 4.78 is 1.08. The number of benzene rings is 1. The minimum atomic E-state index is -0.427. The van der Waals surface area contributed by atoms with E-state index in [1.165, 1.54) is 0 Å². The first-order valence-electron chi connectivity index (χ1n) is 7.65. The van der Waals surface area contributed by atoms with Gasteiger partial charge in [0, 0.05) is 28.3 Å². The first-order valence-corrected chi connectivity index (χ1v) is 9.95. The highest BCUT2D eigenvalue weighted by Crippen LogP contribution is 2.39. The van der Waals surface area contributed by atoms with Gasteiger partial charge < -0.3 is 5.11 Å². The average molecular weight is 364 g/mol. The second-order valence-electron chi connectivity index (χ2n) is 5.58. The van der Waals surface area contributed by atoms with Gasteiger partial charge in [0.25, 0.3) is 0 Å². The molecule has 1 heterocycles. The van der Waals surface area contributed by atoms with Crippen molar-refractivity contribution in [2.75, 3.05) is 5.75 Å². The van der Waals surface area contributed by atoms with E-state index in [0.29, 0.717) is 6.42 Å². The topological polar surface area (TPSA) is 33.1 Å². The lowest BCUT2D eigenvalue weighted by Crippen LogP contribution is -2.19. The van der Waals surface area contributed by atoms with Crippen LogP contribution >= 0.6 is 34.7 Å². The Morgan fingerprint density at radius 3 is 2.91 bits per heavy atom. The predicted octanol–water partition coefficient (Wildman–Crippen LogP) is 4.28. The van der Waals surface area contributed by atoms with Crippen molar-refractivity contribution in [2.24, 2.45) is 11.8 Å². The van der Waals surface area contributed by atoms with Crippen LogP contribution in [0.2, 0.25) is 0 Å². The molecule has 2 nitrogen and oxygen atoms in total. The highest BCUT2D eigenvalue weighted by atomic mass is 35.5. The molecule has 1 aliphatic carbocycles. The van der Waals surface area contributed by atoms with Gasteiger partial charge in [-0.1, -0.05) is 41.8 Å². The molecule has 0 unspecified atom stereocenters. The van der Waals surface area contributed by atoms with Crippen molar-refractivity contribution in [1.29, 1.82) is 0 Å². The Kier molecular flexibility index (Phi) is 6.02. The van der Waals surface area contributed by atoms with Crippen LogP contribution in [0.3, 0.4) is 0 Å². The molecule has 1 aliphatic rings. The van der Waals surface area contributed by atoms with Gasteiger partial charge in [0.05, 0.1) is 12.0 Å². The zero-order valence-electron chi connectivity index (χ0n) is 12.6. The lowest BCUT2D eigenvalue weighted by atomic mass is 9.92. The summed E-state index contributed by atoms with van der Waals surface area (Å²) in [6.45, 7) is 0. The number of alkyl halides is 1. The van der Waals surface area contributed by atoms with Crippen LogP contribution in [-0.2, 0) is 0 Å². The van der Waals surface area contributed by atoms with Crippen LogP contribution in [0, 0.1) is 23.7 Å². The summed E-state index contributed by atoms with van der Waals surface area (Å²) in [6, 6.07) is 9.89. The number of aromatic nitrogens is 1. The number of thiazole rings is 1. The van der Waals surface area contributed by atoms with E-state index in [4.69, 9.17) is 11.6 Å². The Labute approximate surface area is 150 Å². The van der Waals surface area contributed by atoms with Crippen molar-refractivity contribution in [2.45, 2.75) is 28.7 Å². The molecule has 0 spiro atoms. The fraction of sp³-hybridized carbons (Fsp3) is 0.389. The third kappa shape index (κ3) is 4.51. The van der Waals surface area contributed by atoms with Gasteiger partial charge in [-0.15, -0.1) is 22.9 Å². The quantitative estimate of drug-likeness (QED) is 0.500. The molecule has 1 aromatic heterocycles. The molecular weight excluding hydrogens is 346 g/mol. The number of nitrogens with zero attached hydrogens (tertiary/aromatic N) is 1. The van der Waals surface area contributed by atoms with Crippen molar-refractivity contribution in [1.82, 2.24) is 4.98 Å². The van der Waals surface area contributed by atoms with Crippen LogP contribution in [0.15, 0.2) is 46.2 Å². The fourth-order valence-corrected chi connectivity index (χ4v) is 5.09. The summed E-state index contributed by atoms with van der Waals surface area (Å²) in [4.78, 5) is 4.28. The van der Waals surface area contributed by atoms with Crippen LogP contribution < -0.4 is 0 Å². The molecule has 5 heteroatoms. The highest BCUT2D eigenvalue weighted by Gasteiger charge is 2.40. The monoisotopic (exact) mass is 363 g/mol. The molecule has 3 rings (SSSR count). The summed E-state index contributed by atoms with van der Waals surface area (Å²) in [5.74, 6) is 7.59. The minimum Gasteiger partial charge on any atom is -0.392 e. The molecule has 1 N–H and O–H groups in total. The lowest BCUT2D eigenvalue weighted by molar-refractivity contribution is 0.145. The molecule has 120 valence electrons. The third-order valence-corrected chi connectivity index (χ3v) is 6.55. The largest absolute Gasteiger partial charge is 0.392 e. The molecule has 0 amide bonds. The van der Waals surface area contributed by atoms with E-state index in [9.17, 15) is 5.11 Å². The average Bonchev–Trinajstić information content (AvgIpc) is 3.16. The Morgan fingerprint density at radius 2 is 2.17 bits per heavy atom. The van der Waals surface area contributed by atoms with Crippen molar-refractivity contribution >= 4 is 34.7 Å². The van der Waals surface area contributed by atoms with Crippen LogP contribution in [0.25, 0.3) is 0 Å². The molecule has 0 saturated heterocycles. The summed E-state index contributed by atoms with van der Waals surface area (Å²) in [6.07, 6.45) is 2.97. The van der Waals surface area contributed by atoms with E-state index in [0.717, 1.165) is 22.1 Å². The number of aliphatic hydroxyl groups excluding tert-OH is 1. The SMILES string of the molecule is O[C@@H]1C[C@@H](Cl)[C@H](CCSc2nccs2)[C@H]1C#Cc1ccccc1. The molecule has 1 saturated carbocycles. The summed E-state index contributed by atoms with van der Waals surface area (Å²) in [5, 5.41) is 12.3. The van der Waals surface area contributed by atoms with Crippen LogP contribution in [0.1, 0.15) is 18.4 Å².